The van der Waals surface area contributed by atoms with Crippen molar-refractivity contribution < 1.29 is 4.79 Å². The standard InChI is InChI=1S/C18H19N7O/c1-13(17(26)21-18-19-8-5-9-20-18)24-10-11-25-15(12-24)22-23-16(25)14-6-3-2-4-7-14/h2-9,13H,10-12H2,1H3,(H,19,20,21,26). The Morgan fingerprint density at radius 1 is 1.08 bits per heavy atom. The van der Waals surface area contributed by atoms with Gasteiger partial charge in [0.05, 0.1) is 12.6 Å². The molecule has 0 saturated heterocycles. The number of benzene rings is 1. The first-order chi connectivity index (χ1) is 12.7. The maximum atomic E-state index is 12.5. The van der Waals surface area contributed by atoms with Gasteiger partial charge in [-0.2, -0.15) is 0 Å². The fourth-order valence-corrected chi connectivity index (χ4v) is 3.05. The molecule has 0 fully saturated rings. The summed E-state index contributed by atoms with van der Waals surface area (Å²) in [5, 5.41) is 11.4. The van der Waals surface area contributed by atoms with Crippen LogP contribution in [0.25, 0.3) is 11.4 Å². The van der Waals surface area contributed by atoms with Gasteiger partial charge in [-0.25, -0.2) is 9.97 Å². The van der Waals surface area contributed by atoms with Crippen LogP contribution >= 0.6 is 0 Å². The van der Waals surface area contributed by atoms with Crippen LogP contribution in [-0.2, 0) is 17.9 Å². The van der Waals surface area contributed by atoms with Gasteiger partial charge in [-0.15, -0.1) is 10.2 Å². The number of nitrogens with zero attached hydrogens (tertiary/aromatic N) is 6. The number of carbonyl (C=O) groups excluding carboxylic acids is 1. The molecule has 1 amide bonds. The molecule has 1 unspecified atom stereocenters. The monoisotopic (exact) mass is 349 g/mol. The van der Waals surface area contributed by atoms with Crippen LogP contribution in [0.4, 0.5) is 5.95 Å². The largest absolute Gasteiger partial charge is 0.309 e. The number of amides is 1. The Morgan fingerprint density at radius 3 is 2.62 bits per heavy atom. The highest BCUT2D eigenvalue weighted by Gasteiger charge is 2.28. The van der Waals surface area contributed by atoms with E-state index in [2.05, 4.69) is 34.9 Å². The molecule has 2 aromatic heterocycles. The van der Waals surface area contributed by atoms with E-state index < -0.39 is 0 Å². The van der Waals surface area contributed by atoms with Crippen LogP contribution in [-0.4, -0.2) is 48.1 Å². The highest BCUT2D eigenvalue weighted by molar-refractivity contribution is 5.93. The van der Waals surface area contributed by atoms with Gasteiger partial charge in [-0.1, -0.05) is 30.3 Å². The van der Waals surface area contributed by atoms with Gasteiger partial charge in [0, 0.05) is 31.0 Å². The highest BCUT2D eigenvalue weighted by Crippen LogP contribution is 2.22. The molecule has 1 aliphatic heterocycles. The lowest BCUT2D eigenvalue weighted by atomic mass is 10.2. The quantitative estimate of drug-likeness (QED) is 0.769. The number of aromatic nitrogens is 5. The van der Waals surface area contributed by atoms with Gasteiger partial charge in [0.1, 0.15) is 5.82 Å². The number of nitrogens with one attached hydrogen (secondary N) is 1. The molecule has 0 saturated carbocycles. The average Bonchev–Trinajstić information content (AvgIpc) is 3.12. The summed E-state index contributed by atoms with van der Waals surface area (Å²) in [6, 6.07) is 11.4. The van der Waals surface area contributed by atoms with Crippen LogP contribution in [0.2, 0.25) is 0 Å². The minimum atomic E-state index is -0.315. The van der Waals surface area contributed by atoms with Crippen molar-refractivity contribution in [2.45, 2.75) is 26.1 Å². The van der Waals surface area contributed by atoms with Crippen LogP contribution in [0.5, 0.6) is 0 Å². The lowest BCUT2D eigenvalue weighted by Gasteiger charge is -2.31. The predicted octanol–water partition coefficient (Wildman–Crippen LogP) is 1.58. The summed E-state index contributed by atoms with van der Waals surface area (Å²) in [5.41, 5.74) is 1.05. The molecule has 1 aliphatic rings. The molecular weight excluding hydrogens is 330 g/mol. The highest BCUT2D eigenvalue weighted by atomic mass is 16.2. The van der Waals surface area contributed by atoms with Gasteiger partial charge in [-0.05, 0) is 13.0 Å². The molecule has 8 heteroatoms. The number of anilines is 1. The third-order valence-electron chi connectivity index (χ3n) is 4.54. The van der Waals surface area contributed by atoms with E-state index in [0.717, 1.165) is 30.3 Å². The third-order valence-corrected chi connectivity index (χ3v) is 4.54. The number of hydrogen-bond acceptors (Lipinski definition) is 6. The summed E-state index contributed by atoms with van der Waals surface area (Å²) < 4.78 is 2.12. The molecule has 0 radical (unpaired) electrons. The van der Waals surface area contributed by atoms with Crippen molar-refractivity contribution >= 4 is 11.9 Å². The number of carbonyl (C=O) groups is 1. The molecule has 132 valence electrons. The summed E-state index contributed by atoms with van der Waals surface area (Å²) in [6.45, 7) is 3.94. The number of rotatable bonds is 4. The van der Waals surface area contributed by atoms with E-state index in [1.807, 2.05) is 37.3 Å². The van der Waals surface area contributed by atoms with Crippen LogP contribution < -0.4 is 5.32 Å². The molecule has 3 aromatic rings. The third kappa shape index (κ3) is 3.18. The Morgan fingerprint density at radius 2 is 1.85 bits per heavy atom. The molecule has 0 spiro atoms. The van der Waals surface area contributed by atoms with Crippen molar-refractivity contribution in [2.24, 2.45) is 0 Å². The minimum absolute atomic E-state index is 0.132. The van der Waals surface area contributed by atoms with Gasteiger partial charge >= 0.3 is 0 Å². The van der Waals surface area contributed by atoms with E-state index >= 15 is 0 Å². The van der Waals surface area contributed by atoms with Crippen molar-refractivity contribution in [2.75, 3.05) is 11.9 Å². The summed E-state index contributed by atoms with van der Waals surface area (Å²) in [5.74, 6) is 1.92. The van der Waals surface area contributed by atoms with Gasteiger partial charge in [0.25, 0.3) is 0 Å². The molecule has 0 bridgehead atoms. The Balaban J connectivity index is 1.47. The average molecular weight is 349 g/mol. The lowest BCUT2D eigenvalue weighted by Crippen LogP contribution is -2.46. The van der Waals surface area contributed by atoms with Crippen molar-refractivity contribution in [3.63, 3.8) is 0 Å². The first-order valence-electron chi connectivity index (χ1n) is 8.52. The fraction of sp³-hybridized carbons (Fsp3) is 0.278. The van der Waals surface area contributed by atoms with Crippen molar-refractivity contribution in [1.29, 1.82) is 0 Å². The first kappa shape index (κ1) is 16.3. The molecule has 4 rings (SSSR count). The van der Waals surface area contributed by atoms with E-state index in [-0.39, 0.29) is 11.9 Å². The topological polar surface area (TPSA) is 88.8 Å². The van der Waals surface area contributed by atoms with Gasteiger partial charge in [0.15, 0.2) is 5.82 Å². The Hall–Kier alpha value is -3.13. The van der Waals surface area contributed by atoms with Gasteiger partial charge in [-0.3, -0.25) is 15.0 Å². The van der Waals surface area contributed by atoms with Gasteiger partial charge in [0.2, 0.25) is 11.9 Å². The normalized spacial score (nSPS) is 15.3. The van der Waals surface area contributed by atoms with E-state index in [9.17, 15) is 4.79 Å². The van der Waals surface area contributed by atoms with Crippen molar-refractivity contribution in [3.05, 3.63) is 54.6 Å². The van der Waals surface area contributed by atoms with Crippen LogP contribution in [0.3, 0.4) is 0 Å². The van der Waals surface area contributed by atoms with E-state index in [0.29, 0.717) is 12.5 Å². The van der Waals surface area contributed by atoms with Crippen molar-refractivity contribution in [1.82, 2.24) is 29.6 Å². The molecular formula is C18H19N7O. The van der Waals surface area contributed by atoms with Crippen LogP contribution in [0, 0.1) is 0 Å². The summed E-state index contributed by atoms with van der Waals surface area (Å²) >= 11 is 0. The Bertz CT molecular complexity index is 894. The fourth-order valence-electron chi connectivity index (χ4n) is 3.05. The summed E-state index contributed by atoms with van der Waals surface area (Å²) in [6.07, 6.45) is 3.20. The zero-order valence-corrected chi connectivity index (χ0v) is 14.4. The van der Waals surface area contributed by atoms with E-state index in [4.69, 9.17) is 0 Å². The summed E-state index contributed by atoms with van der Waals surface area (Å²) in [4.78, 5) is 22.6. The molecule has 8 nitrogen and oxygen atoms in total. The molecule has 1 aromatic carbocycles. The SMILES string of the molecule is CC(C(=O)Nc1ncccn1)N1CCn2c(nnc2-c2ccccc2)C1. The maximum absolute atomic E-state index is 12.5. The Kier molecular flexibility index (Phi) is 4.40. The Labute approximate surface area is 150 Å². The molecule has 0 aliphatic carbocycles. The second-order valence-corrected chi connectivity index (χ2v) is 6.17. The van der Waals surface area contributed by atoms with E-state index in [1.54, 1.807) is 18.5 Å². The molecule has 1 atom stereocenters. The predicted molar refractivity (Wildman–Crippen MR) is 96.0 cm³/mol. The van der Waals surface area contributed by atoms with Gasteiger partial charge < -0.3 is 4.57 Å². The zero-order valence-electron chi connectivity index (χ0n) is 14.4. The smallest absolute Gasteiger partial charge is 0.243 e. The maximum Gasteiger partial charge on any atom is 0.243 e. The molecule has 3 heterocycles. The van der Waals surface area contributed by atoms with Crippen LogP contribution in [0.15, 0.2) is 48.8 Å². The van der Waals surface area contributed by atoms with Crippen molar-refractivity contribution in [3.8, 4) is 11.4 Å². The lowest BCUT2D eigenvalue weighted by molar-refractivity contribution is -0.121. The first-order valence-corrected chi connectivity index (χ1v) is 8.52. The second kappa shape index (κ2) is 7.01. The summed E-state index contributed by atoms with van der Waals surface area (Å²) in [7, 11) is 0. The second-order valence-electron chi connectivity index (χ2n) is 6.17. The zero-order chi connectivity index (χ0) is 17.9. The molecule has 1 N–H and O–H groups in total. The minimum Gasteiger partial charge on any atom is -0.309 e. The number of hydrogen-bond donors (Lipinski definition) is 1. The molecule has 26 heavy (non-hydrogen) atoms. The number of fused-ring (bicyclic) bond motifs is 1. The van der Waals surface area contributed by atoms with E-state index in [1.165, 1.54) is 0 Å². The van der Waals surface area contributed by atoms with Crippen LogP contribution in [0.1, 0.15) is 12.7 Å².